The number of nitrogens with one attached hydrogen (secondary N) is 3. The van der Waals surface area contributed by atoms with E-state index in [4.69, 9.17) is 0 Å². The molecule has 0 atom stereocenters. The van der Waals surface area contributed by atoms with Crippen molar-refractivity contribution in [1.82, 2.24) is 30.6 Å². The Morgan fingerprint density at radius 2 is 0.800 bits per heavy atom. The van der Waals surface area contributed by atoms with Crippen LogP contribution in [-0.4, -0.2) is 37.3 Å². The molecule has 3 heterocycles. The van der Waals surface area contributed by atoms with Crippen molar-refractivity contribution in [2.75, 3.05) is 0 Å². The average molecular weight is 517 g/mol. The van der Waals surface area contributed by atoms with E-state index in [1.165, 1.54) is 33.5 Å². The molecule has 0 aliphatic heterocycles. The molecule has 0 saturated carbocycles. The van der Waals surface area contributed by atoms with Gasteiger partial charge in [0.25, 0.3) is 6.71 Å². The molecule has 3 aromatic rings. The molecule has 0 saturated heterocycles. The maximum absolute atomic E-state index is 4.68. The predicted octanol–water partition coefficient (Wildman–Crippen LogP) is 2.32. The maximum atomic E-state index is 4.68. The van der Waals surface area contributed by atoms with Gasteiger partial charge in [-0.05, 0) is 54.9 Å². The van der Waals surface area contributed by atoms with Crippen LogP contribution >= 0.6 is 17.0 Å². The molecule has 3 rings (SSSR count). The molecule has 0 bridgehead atoms. The fourth-order valence-corrected chi connectivity index (χ4v) is 4.36. The Bertz CT molecular complexity index is 748. The van der Waals surface area contributed by atoms with Crippen LogP contribution in [0.15, 0.2) is 0 Å². The molecule has 6 nitrogen and oxygen atoms in total. The van der Waals surface area contributed by atoms with E-state index in [2.05, 4.69) is 72.1 Å². The SMILES string of the molecule is Br.CCc1n[nH]c(CC)c1B(c1c(CC)n[nH]c1CC)c1c(CC)n[nH]c1CC.[Fe]. The smallest absolute Gasteiger partial charge is 0.255 e. The Kier molecular flexibility index (Phi) is 10.6. The molecule has 0 radical (unpaired) electrons. The van der Waals surface area contributed by atoms with E-state index < -0.39 is 0 Å². The number of halogens is 1. The quantitative estimate of drug-likeness (QED) is 0.381. The summed E-state index contributed by atoms with van der Waals surface area (Å²) in [5, 5.41) is 24.0. The van der Waals surface area contributed by atoms with Crippen molar-refractivity contribution in [3.05, 3.63) is 34.2 Å². The summed E-state index contributed by atoms with van der Waals surface area (Å²) in [5.74, 6) is 0. The monoisotopic (exact) mass is 516 g/mol. The van der Waals surface area contributed by atoms with Gasteiger partial charge in [-0.2, -0.15) is 15.3 Å². The second-order valence-corrected chi connectivity index (χ2v) is 7.24. The zero-order chi connectivity index (χ0) is 20.3. The average Bonchev–Trinajstić information content (AvgIpc) is 3.44. The minimum absolute atomic E-state index is 0. The second kappa shape index (κ2) is 11.9. The molecule has 9 heteroatoms. The summed E-state index contributed by atoms with van der Waals surface area (Å²) in [4.78, 5) is 0. The third kappa shape index (κ3) is 4.63. The van der Waals surface area contributed by atoms with Crippen LogP contribution in [0.25, 0.3) is 0 Å². The fraction of sp³-hybridized carbons (Fsp3) is 0.571. The predicted molar refractivity (Wildman–Crippen MR) is 127 cm³/mol. The van der Waals surface area contributed by atoms with Gasteiger partial charge in [0.05, 0.1) is 17.1 Å². The standard InChI is InChI=1S/C21H33BN6.BrH.Fe/c1-7-13-19(14(8-2)24-23-13)22(20-15(9-3)25-26-16(20)10-4)21-17(11-5)27-28-18(21)12-6;;/h7-12H2,1-6H3,(H,23,24)(H,25,26)(H,27,28);1H;. The molecule has 0 spiro atoms. The number of aromatic nitrogens is 6. The van der Waals surface area contributed by atoms with Gasteiger partial charge in [-0.3, -0.25) is 15.3 Å². The first kappa shape index (κ1) is 26.7. The molecule has 0 amide bonds. The summed E-state index contributed by atoms with van der Waals surface area (Å²) >= 11 is 0. The molecular formula is C21H34BBrFeN6. The maximum Gasteiger partial charge on any atom is 0.255 e. The van der Waals surface area contributed by atoms with Crippen molar-refractivity contribution < 1.29 is 17.1 Å². The van der Waals surface area contributed by atoms with Crippen LogP contribution in [0.1, 0.15) is 75.7 Å². The minimum Gasteiger partial charge on any atom is -0.283 e. The Labute approximate surface area is 201 Å². The van der Waals surface area contributed by atoms with Crippen LogP contribution in [-0.2, 0) is 55.6 Å². The minimum atomic E-state index is 0. The number of aromatic amines is 3. The van der Waals surface area contributed by atoms with E-state index in [1.807, 2.05) is 0 Å². The van der Waals surface area contributed by atoms with E-state index >= 15 is 0 Å². The molecule has 30 heavy (non-hydrogen) atoms. The number of nitrogens with zero attached hydrogens (tertiary/aromatic N) is 3. The Morgan fingerprint density at radius 1 is 0.533 bits per heavy atom. The zero-order valence-electron chi connectivity index (χ0n) is 18.9. The van der Waals surface area contributed by atoms with E-state index in [1.54, 1.807) is 0 Å². The molecule has 0 aromatic carbocycles. The van der Waals surface area contributed by atoms with Crippen molar-refractivity contribution in [2.45, 2.75) is 80.1 Å². The zero-order valence-corrected chi connectivity index (χ0v) is 21.7. The van der Waals surface area contributed by atoms with Crippen molar-refractivity contribution in [1.29, 1.82) is 0 Å². The first-order valence-electron chi connectivity index (χ1n) is 10.8. The molecule has 0 aliphatic rings. The number of H-pyrrole nitrogens is 3. The second-order valence-electron chi connectivity index (χ2n) is 7.24. The van der Waals surface area contributed by atoms with Crippen LogP contribution in [0.4, 0.5) is 0 Å². The first-order valence-corrected chi connectivity index (χ1v) is 10.8. The van der Waals surface area contributed by atoms with Crippen molar-refractivity contribution in [3.8, 4) is 0 Å². The number of aryl methyl sites for hydroxylation is 6. The van der Waals surface area contributed by atoms with E-state index in [0.717, 1.165) is 55.6 Å². The molecule has 166 valence electrons. The Hall–Kier alpha value is -1.31. The first-order chi connectivity index (χ1) is 13.6. The van der Waals surface area contributed by atoms with Crippen molar-refractivity contribution in [2.24, 2.45) is 0 Å². The number of hydrogen-bond acceptors (Lipinski definition) is 3. The largest absolute Gasteiger partial charge is 0.283 e. The summed E-state index contributed by atoms with van der Waals surface area (Å²) in [6.07, 6.45) is 5.51. The van der Waals surface area contributed by atoms with Gasteiger partial charge in [0.2, 0.25) is 0 Å². The summed E-state index contributed by atoms with van der Waals surface area (Å²) in [6.45, 7) is 13.2. The van der Waals surface area contributed by atoms with Gasteiger partial charge in [0.15, 0.2) is 0 Å². The van der Waals surface area contributed by atoms with E-state index in [0.29, 0.717) is 0 Å². The van der Waals surface area contributed by atoms with E-state index in [9.17, 15) is 0 Å². The summed E-state index contributed by atoms with van der Waals surface area (Å²) in [7, 11) is 0. The molecule has 3 N–H and O–H groups in total. The molecule has 0 fully saturated rings. The molecule has 3 aromatic heterocycles. The normalized spacial score (nSPS) is 10.6. The fourth-order valence-electron chi connectivity index (χ4n) is 4.36. The van der Waals surface area contributed by atoms with E-state index in [-0.39, 0.29) is 40.8 Å². The number of hydrogen-bond donors (Lipinski definition) is 3. The molecular weight excluding hydrogens is 483 g/mol. The van der Waals surface area contributed by atoms with Crippen molar-refractivity contribution in [3.63, 3.8) is 0 Å². The third-order valence-electron chi connectivity index (χ3n) is 5.82. The summed E-state index contributed by atoms with van der Waals surface area (Å²) < 4.78 is 0. The molecule has 0 unspecified atom stereocenters. The summed E-state index contributed by atoms with van der Waals surface area (Å²) in [5.41, 5.74) is 11.1. The molecule has 0 aliphatic carbocycles. The van der Waals surface area contributed by atoms with Gasteiger partial charge in [0, 0.05) is 34.2 Å². The van der Waals surface area contributed by atoms with Gasteiger partial charge in [0.1, 0.15) is 0 Å². The Balaban J connectivity index is 0.00000225. The van der Waals surface area contributed by atoms with Crippen LogP contribution < -0.4 is 16.4 Å². The Morgan fingerprint density at radius 3 is 1.00 bits per heavy atom. The van der Waals surface area contributed by atoms with Gasteiger partial charge >= 0.3 is 0 Å². The van der Waals surface area contributed by atoms with Gasteiger partial charge in [-0.25, -0.2) is 0 Å². The third-order valence-corrected chi connectivity index (χ3v) is 5.82. The van der Waals surface area contributed by atoms with Gasteiger partial charge < -0.3 is 0 Å². The van der Waals surface area contributed by atoms with Crippen LogP contribution in [0, 0.1) is 0 Å². The van der Waals surface area contributed by atoms with Crippen molar-refractivity contribution >= 4 is 40.1 Å². The number of rotatable bonds is 9. The van der Waals surface area contributed by atoms with Crippen LogP contribution in [0.5, 0.6) is 0 Å². The van der Waals surface area contributed by atoms with Gasteiger partial charge in [-0.1, -0.05) is 41.5 Å². The topological polar surface area (TPSA) is 86.0 Å². The van der Waals surface area contributed by atoms with Gasteiger partial charge in [-0.15, -0.1) is 17.0 Å². The van der Waals surface area contributed by atoms with Crippen LogP contribution in [0.2, 0.25) is 0 Å². The van der Waals surface area contributed by atoms with Crippen LogP contribution in [0.3, 0.4) is 0 Å². The summed E-state index contributed by atoms with van der Waals surface area (Å²) in [6, 6.07) is 0.